The number of nitrogens with zero attached hydrogens (tertiary/aromatic N) is 2. The Morgan fingerprint density at radius 2 is 1.94 bits per heavy atom. The minimum atomic E-state index is -2.98. The molecule has 1 saturated heterocycles. The molecule has 2 rings (SSSR count). The summed E-state index contributed by atoms with van der Waals surface area (Å²) < 4.78 is 22.5. The van der Waals surface area contributed by atoms with Crippen LogP contribution < -0.4 is 0 Å². The summed E-state index contributed by atoms with van der Waals surface area (Å²) in [6.07, 6.45) is 0. The first-order valence-electron chi connectivity index (χ1n) is 5.10. The second-order valence-electron chi connectivity index (χ2n) is 3.79. The largest absolute Gasteiger partial charge is 0.335 e. The first kappa shape index (κ1) is 12.3. The van der Waals surface area contributed by atoms with Crippen molar-refractivity contribution >= 4 is 27.3 Å². The Morgan fingerprint density at radius 3 is 2.53 bits per heavy atom. The van der Waals surface area contributed by atoms with Gasteiger partial charge in [0.2, 0.25) is 0 Å². The van der Waals surface area contributed by atoms with Crippen LogP contribution in [0.4, 0.5) is 0 Å². The van der Waals surface area contributed by atoms with Crippen LogP contribution in [0.2, 0.25) is 5.15 Å². The van der Waals surface area contributed by atoms with E-state index in [-0.39, 0.29) is 41.3 Å². The average molecular weight is 275 g/mol. The van der Waals surface area contributed by atoms with E-state index in [9.17, 15) is 13.2 Å². The molecule has 0 spiro atoms. The van der Waals surface area contributed by atoms with E-state index in [1.54, 1.807) is 18.2 Å². The number of carbonyl (C=O) groups excluding carboxylic acids is 1. The van der Waals surface area contributed by atoms with Crippen LogP contribution in [0.1, 0.15) is 10.5 Å². The number of aromatic nitrogens is 1. The molecule has 0 atom stereocenters. The molecule has 1 amide bonds. The molecule has 0 aliphatic carbocycles. The van der Waals surface area contributed by atoms with Crippen molar-refractivity contribution in [3.8, 4) is 0 Å². The molecule has 7 heteroatoms. The highest BCUT2D eigenvalue weighted by atomic mass is 35.5. The van der Waals surface area contributed by atoms with Crippen LogP contribution in [0.5, 0.6) is 0 Å². The summed E-state index contributed by atoms with van der Waals surface area (Å²) in [5.41, 5.74) is 0.247. The lowest BCUT2D eigenvalue weighted by Crippen LogP contribution is -2.44. The van der Waals surface area contributed by atoms with Gasteiger partial charge in [0, 0.05) is 13.1 Å². The lowest BCUT2D eigenvalue weighted by molar-refractivity contribution is 0.0764. The lowest BCUT2D eigenvalue weighted by atomic mass is 10.3. The first-order valence-corrected chi connectivity index (χ1v) is 7.30. The minimum absolute atomic E-state index is 0.0132. The molecular weight excluding hydrogens is 264 g/mol. The summed E-state index contributed by atoms with van der Waals surface area (Å²) in [5, 5.41) is 0.250. The summed E-state index contributed by atoms with van der Waals surface area (Å²) in [4.78, 5) is 17.4. The molecule has 1 aromatic rings. The van der Waals surface area contributed by atoms with Crippen LogP contribution in [0, 0.1) is 0 Å². The summed E-state index contributed by atoms with van der Waals surface area (Å²) >= 11 is 5.70. The van der Waals surface area contributed by atoms with Gasteiger partial charge < -0.3 is 4.90 Å². The van der Waals surface area contributed by atoms with Crippen molar-refractivity contribution in [2.75, 3.05) is 24.6 Å². The zero-order valence-electron chi connectivity index (χ0n) is 8.97. The maximum Gasteiger partial charge on any atom is 0.272 e. The zero-order chi connectivity index (χ0) is 12.5. The molecule has 0 aromatic carbocycles. The molecule has 17 heavy (non-hydrogen) atoms. The monoisotopic (exact) mass is 274 g/mol. The van der Waals surface area contributed by atoms with Gasteiger partial charge in [-0.15, -0.1) is 0 Å². The van der Waals surface area contributed by atoms with Gasteiger partial charge >= 0.3 is 0 Å². The second kappa shape index (κ2) is 4.62. The number of hydrogen-bond acceptors (Lipinski definition) is 4. The van der Waals surface area contributed by atoms with Crippen molar-refractivity contribution in [3.05, 3.63) is 29.0 Å². The third-order valence-electron chi connectivity index (χ3n) is 2.57. The van der Waals surface area contributed by atoms with E-state index in [4.69, 9.17) is 11.6 Å². The Bertz CT molecular complexity index is 530. The SMILES string of the molecule is O=C(c1cccc(Cl)n1)N1CCS(=O)(=O)CC1. The fourth-order valence-electron chi connectivity index (χ4n) is 1.60. The quantitative estimate of drug-likeness (QED) is 0.704. The molecule has 2 heterocycles. The topological polar surface area (TPSA) is 67.3 Å². The second-order valence-corrected chi connectivity index (χ2v) is 6.48. The molecule has 0 N–H and O–H groups in total. The van der Waals surface area contributed by atoms with Crippen LogP contribution in [-0.4, -0.2) is 48.8 Å². The van der Waals surface area contributed by atoms with E-state index in [2.05, 4.69) is 4.98 Å². The van der Waals surface area contributed by atoms with E-state index < -0.39 is 9.84 Å². The molecule has 1 aliphatic rings. The third-order valence-corrected chi connectivity index (χ3v) is 4.39. The van der Waals surface area contributed by atoms with Gasteiger partial charge in [-0.05, 0) is 12.1 Å². The van der Waals surface area contributed by atoms with Crippen molar-refractivity contribution in [2.24, 2.45) is 0 Å². The molecule has 92 valence electrons. The standard InChI is InChI=1S/C10H11ClN2O3S/c11-9-3-1-2-8(12-9)10(14)13-4-6-17(15,16)7-5-13/h1-3H,4-7H2. The van der Waals surface area contributed by atoms with E-state index in [1.165, 1.54) is 4.90 Å². The van der Waals surface area contributed by atoms with Gasteiger partial charge in [0.05, 0.1) is 11.5 Å². The number of pyridine rings is 1. The highest BCUT2D eigenvalue weighted by Crippen LogP contribution is 2.10. The Balaban J connectivity index is 2.12. The van der Waals surface area contributed by atoms with E-state index in [0.29, 0.717) is 0 Å². The third kappa shape index (κ3) is 2.95. The van der Waals surface area contributed by atoms with Crippen LogP contribution >= 0.6 is 11.6 Å². The molecular formula is C10H11ClN2O3S. The van der Waals surface area contributed by atoms with Gasteiger partial charge in [-0.3, -0.25) is 4.79 Å². The van der Waals surface area contributed by atoms with Crippen molar-refractivity contribution in [1.29, 1.82) is 0 Å². The van der Waals surface area contributed by atoms with Gasteiger partial charge in [0.15, 0.2) is 9.84 Å². The summed E-state index contributed by atoms with van der Waals surface area (Å²) in [5.74, 6) is -0.249. The molecule has 1 aliphatic heterocycles. The summed E-state index contributed by atoms with van der Waals surface area (Å²) in [7, 11) is -2.98. The first-order chi connectivity index (χ1) is 7.98. The number of hydrogen-bond donors (Lipinski definition) is 0. The van der Waals surface area contributed by atoms with E-state index >= 15 is 0 Å². The number of sulfone groups is 1. The fraction of sp³-hybridized carbons (Fsp3) is 0.400. The predicted octanol–water partition coefficient (Wildman–Crippen LogP) is 0.606. The zero-order valence-corrected chi connectivity index (χ0v) is 10.5. The number of carbonyl (C=O) groups is 1. The number of amides is 1. The molecule has 0 bridgehead atoms. The number of rotatable bonds is 1. The van der Waals surface area contributed by atoms with Crippen molar-refractivity contribution < 1.29 is 13.2 Å². The maximum atomic E-state index is 12.0. The van der Waals surface area contributed by atoms with Gasteiger partial charge in [0.1, 0.15) is 10.8 Å². The van der Waals surface area contributed by atoms with Gasteiger partial charge in [-0.1, -0.05) is 17.7 Å². The highest BCUT2D eigenvalue weighted by Gasteiger charge is 2.26. The van der Waals surface area contributed by atoms with E-state index in [1.807, 2.05) is 0 Å². The molecule has 0 saturated carbocycles. The molecule has 0 unspecified atom stereocenters. The van der Waals surface area contributed by atoms with Crippen LogP contribution in [0.25, 0.3) is 0 Å². The van der Waals surface area contributed by atoms with Gasteiger partial charge in [0.25, 0.3) is 5.91 Å². The number of halogens is 1. The summed E-state index contributed by atoms with van der Waals surface area (Å²) in [6.45, 7) is 0.435. The lowest BCUT2D eigenvalue weighted by Gasteiger charge is -2.26. The van der Waals surface area contributed by atoms with Crippen LogP contribution in [0.15, 0.2) is 18.2 Å². The van der Waals surface area contributed by atoms with Crippen molar-refractivity contribution in [3.63, 3.8) is 0 Å². The van der Waals surface area contributed by atoms with E-state index in [0.717, 1.165) is 0 Å². The minimum Gasteiger partial charge on any atom is -0.335 e. The highest BCUT2D eigenvalue weighted by molar-refractivity contribution is 7.91. The molecule has 0 radical (unpaired) electrons. The molecule has 1 aromatic heterocycles. The van der Waals surface area contributed by atoms with Crippen LogP contribution in [0.3, 0.4) is 0 Å². The van der Waals surface area contributed by atoms with Gasteiger partial charge in [-0.25, -0.2) is 13.4 Å². The Hall–Kier alpha value is -1.14. The van der Waals surface area contributed by atoms with Crippen molar-refractivity contribution in [2.45, 2.75) is 0 Å². The normalized spacial score (nSPS) is 19.0. The van der Waals surface area contributed by atoms with Crippen LogP contribution in [-0.2, 0) is 9.84 Å². The Kier molecular flexibility index (Phi) is 3.35. The fourth-order valence-corrected chi connectivity index (χ4v) is 2.97. The Morgan fingerprint density at radius 1 is 1.29 bits per heavy atom. The average Bonchev–Trinajstić information content (AvgIpc) is 2.28. The van der Waals surface area contributed by atoms with Gasteiger partial charge in [-0.2, -0.15) is 0 Å². The van der Waals surface area contributed by atoms with Crippen molar-refractivity contribution in [1.82, 2.24) is 9.88 Å². The Labute approximate surface area is 104 Å². The summed E-state index contributed by atoms with van der Waals surface area (Å²) in [6, 6.07) is 4.79. The predicted molar refractivity (Wildman–Crippen MR) is 63.8 cm³/mol. The smallest absolute Gasteiger partial charge is 0.272 e. The molecule has 5 nitrogen and oxygen atoms in total. The maximum absolute atomic E-state index is 12.0. The molecule has 1 fully saturated rings.